The molecule has 0 fully saturated rings. The third-order valence-electron chi connectivity index (χ3n) is 3.47. The van der Waals surface area contributed by atoms with E-state index in [-0.39, 0.29) is 11.2 Å². The van der Waals surface area contributed by atoms with E-state index in [0.717, 1.165) is 12.0 Å². The topological polar surface area (TPSA) is 35.5 Å². The third-order valence-corrected chi connectivity index (χ3v) is 3.47. The van der Waals surface area contributed by atoms with Crippen molar-refractivity contribution in [2.24, 2.45) is 5.41 Å². The number of aryl methyl sites for hydroxylation is 1. The second-order valence-corrected chi connectivity index (χ2v) is 5.09. The van der Waals surface area contributed by atoms with Crippen molar-refractivity contribution in [3.8, 4) is 11.5 Å². The molecule has 0 radical (unpaired) electrons. The quantitative estimate of drug-likeness (QED) is 0.748. The Kier molecular flexibility index (Phi) is 4.38. The highest BCUT2D eigenvalue weighted by Crippen LogP contribution is 2.34. The lowest BCUT2D eigenvalue weighted by Crippen LogP contribution is -2.24. The number of ether oxygens (including phenoxy) is 2. The molecular formula is C15H22O3. The summed E-state index contributed by atoms with van der Waals surface area (Å²) < 4.78 is 10.5. The third kappa shape index (κ3) is 2.66. The van der Waals surface area contributed by atoms with Gasteiger partial charge in [-0.1, -0.05) is 20.8 Å². The molecule has 0 spiro atoms. The van der Waals surface area contributed by atoms with Gasteiger partial charge in [-0.05, 0) is 31.0 Å². The van der Waals surface area contributed by atoms with Crippen LogP contribution in [0, 0.1) is 12.3 Å². The molecule has 0 heterocycles. The van der Waals surface area contributed by atoms with Crippen LogP contribution in [0.25, 0.3) is 0 Å². The maximum absolute atomic E-state index is 12.5. The summed E-state index contributed by atoms with van der Waals surface area (Å²) in [5, 5.41) is 0. The van der Waals surface area contributed by atoms with Crippen LogP contribution < -0.4 is 9.47 Å². The van der Waals surface area contributed by atoms with Gasteiger partial charge in [0.05, 0.1) is 14.2 Å². The fourth-order valence-corrected chi connectivity index (χ4v) is 1.75. The molecule has 0 saturated carbocycles. The normalized spacial score (nSPS) is 11.2. The minimum absolute atomic E-state index is 0.142. The van der Waals surface area contributed by atoms with E-state index in [0.29, 0.717) is 17.1 Å². The van der Waals surface area contributed by atoms with Crippen molar-refractivity contribution in [1.82, 2.24) is 0 Å². The van der Waals surface area contributed by atoms with E-state index in [1.807, 2.05) is 33.8 Å². The first-order valence-electron chi connectivity index (χ1n) is 6.14. The Balaban J connectivity index is 3.30. The van der Waals surface area contributed by atoms with Gasteiger partial charge in [0.1, 0.15) is 0 Å². The van der Waals surface area contributed by atoms with Gasteiger partial charge in [0.25, 0.3) is 0 Å². The summed E-state index contributed by atoms with van der Waals surface area (Å²) in [6, 6.07) is 3.62. The second-order valence-electron chi connectivity index (χ2n) is 5.09. The standard InChI is InChI=1S/C15H22O3/c1-7-15(3,4)14(16)11-9-13(18-6)12(17-5)8-10(11)2/h8-9H,7H2,1-6H3. The van der Waals surface area contributed by atoms with Crippen molar-refractivity contribution in [3.05, 3.63) is 23.3 Å². The number of rotatable bonds is 5. The Morgan fingerprint density at radius 3 is 2.11 bits per heavy atom. The van der Waals surface area contributed by atoms with E-state index in [4.69, 9.17) is 9.47 Å². The number of hydrogen-bond acceptors (Lipinski definition) is 3. The molecule has 1 aromatic rings. The molecule has 1 rings (SSSR count). The summed E-state index contributed by atoms with van der Waals surface area (Å²) in [6.07, 6.45) is 0.805. The molecule has 0 saturated heterocycles. The molecule has 0 amide bonds. The van der Waals surface area contributed by atoms with Gasteiger partial charge in [-0.3, -0.25) is 4.79 Å². The van der Waals surface area contributed by atoms with Crippen LogP contribution in [-0.4, -0.2) is 20.0 Å². The molecule has 3 heteroatoms. The first-order chi connectivity index (χ1) is 8.37. The van der Waals surface area contributed by atoms with Crippen LogP contribution in [0.5, 0.6) is 11.5 Å². The number of carbonyl (C=O) groups is 1. The van der Waals surface area contributed by atoms with Crippen LogP contribution in [0.3, 0.4) is 0 Å². The Morgan fingerprint density at radius 1 is 1.17 bits per heavy atom. The van der Waals surface area contributed by atoms with Gasteiger partial charge in [-0.15, -0.1) is 0 Å². The molecule has 0 aliphatic rings. The maximum atomic E-state index is 12.5. The van der Waals surface area contributed by atoms with Crippen LogP contribution in [0.15, 0.2) is 12.1 Å². The Labute approximate surface area is 109 Å². The molecule has 0 unspecified atom stereocenters. The number of ketones is 1. The van der Waals surface area contributed by atoms with E-state index in [1.165, 1.54) is 0 Å². The fourth-order valence-electron chi connectivity index (χ4n) is 1.75. The first-order valence-corrected chi connectivity index (χ1v) is 6.14. The van der Waals surface area contributed by atoms with Gasteiger partial charge in [0.2, 0.25) is 0 Å². The molecule has 1 aromatic carbocycles. The van der Waals surface area contributed by atoms with Crippen LogP contribution in [-0.2, 0) is 0 Å². The molecule has 0 N–H and O–H groups in total. The molecular weight excluding hydrogens is 228 g/mol. The van der Waals surface area contributed by atoms with Gasteiger partial charge >= 0.3 is 0 Å². The van der Waals surface area contributed by atoms with E-state index < -0.39 is 0 Å². The SMILES string of the molecule is CCC(C)(C)C(=O)c1cc(OC)c(OC)cc1C. The molecule has 100 valence electrons. The van der Waals surface area contributed by atoms with E-state index >= 15 is 0 Å². The van der Waals surface area contributed by atoms with Crippen molar-refractivity contribution in [2.75, 3.05) is 14.2 Å². The largest absolute Gasteiger partial charge is 0.493 e. The summed E-state index contributed by atoms with van der Waals surface area (Å²) in [4.78, 5) is 12.5. The summed E-state index contributed by atoms with van der Waals surface area (Å²) in [6.45, 7) is 7.87. The van der Waals surface area contributed by atoms with Crippen molar-refractivity contribution >= 4 is 5.78 Å². The predicted molar refractivity (Wildman–Crippen MR) is 72.7 cm³/mol. The number of hydrogen-bond donors (Lipinski definition) is 0. The average Bonchev–Trinajstić information content (AvgIpc) is 2.37. The molecule has 0 aliphatic heterocycles. The van der Waals surface area contributed by atoms with Crippen LogP contribution in [0.2, 0.25) is 0 Å². The zero-order chi connectivity index (χ0) is 13.9. The number of carbonyl (C=O) groups excluding carboxylic acids is 1. The van der Waals surface area contributed by atoms with Crippen molar-refractivity contribution < 1.29 is 14.3 Å². The molecule has 0 aliphatic carbocycles. The second kappa shape index (κ2) is 5.42. The lowest BCUT2D eigenvalue weighted by atomic mass is 9.81. The van der Waals surface area contributed by atoms with Gasteiger partial charge in [-0.2, -0.15) is 0 Å². The highest BCUT2D eigenvalue weighted by molar-refractivity contribution is 6.01. The number of benzene rings is 1. The molecule has 0 atom stereocenters. The Morgan fingerprint density at radius 2 is 1.67 bits per heavy atom. The zero-order valence-electron chi connectivity index (χ0n) is 12.1. The van der Waals surface area contributed by atoms with Gasteiger partial charge in [-0.25, -0.2) is 0 Å². The van der Waals surface area contributed by atoms with Crippen molar-refractivity contribution in [3.63, 3.8) is 0 Å². The zero-order valence-corrected chi connectivity index (χ0v) is 12.1. The van der Waals surface area contributed by atoms with E-state index in [9.17, 15) is 4.79 Å². The van der Waals surface area contributed by atoms with Gasteiger partial charge in [0.15, 0.2) is 17.3 Å². The maximum Gasteiger partial charge on any atom is 0.168 e. The van der Waals surface area contributed by atoms with Crippen LogP contribution in [0.1, 0.15) is 43.1 Å². The summed E-state index contributed by atoms with van der Waals surface area (Å²) in [5.74, 6) is 1.39. The molecule has 0 aromatic heterocycles. The van der Waals surface area contributed by atoms with Crippen LogP contribution in [0.4, 0.5) is 0 Å². The number of Topliss-reactive ketones (excluding diaryl/α,β-unsaturated/α-hetero) is 1. The first kappa shape index (κ1) is 14.6. The van der Waals surface area contributed by atoms with Crippen molar-refractivity contribution in [1.29, 1.82) is 0 Å². The van der Waals surface area contributed by atoms with Gasteiger partial charge in [0, 0.05) is 11.0 Å². The lowest BCUT2D eigenvalue weighted by molar-refractivity contribution is 0.0832. The highest BCUT2D eigenvalue weighted by atomic mass is 16.5. The molecule has 3 nitrogen and oxygen atoms in total. The summed E-state index contributed by atoms with van der Waals surface area (Å²) >= 11 is 0. The van der Waals surface area contributed by atoms with Crippen molar-refractivity contribution in [2.45, 2.75) is 34.1 Å². The van der Waals surface area contributed by atoms with Crippen LogP contribution >= 0.6 is 0 Å². The minimum Gasteiger partial charge on any atom is -0.493 e. The smallest absolute Gasteiger partial charge is 0.168 e. The monoisotopic (exact) mass is 250 g/mol. The minimum atomic E-state index is -0.357. The Bertz CT molecular complexity index is 447. The fraction of sp³-hybridized carbons (Fsp3) is 0.533. The summed E-state index contributed by atoms with van der Waals surface area (Å²) in [5.41, 5.74) is 1.27. The van der Waals surface area contributed by atoms with E-state index in [2.05, 4.69) is 0 Å². The lowest BCUT2D eigenvalue weighted by Gasteiger charge is -2.22. The van der Waals surface area contributed by atoms with E-state index in [1.54, 1.807) is 20.3 Å². The molecule has 0 bridgehead atoms. The summed E-state index contributed by atoms with van der Waals surface area (Å²) in [7, 11) is 3.17. The molecule has 18 heavy (non-hydrogen) atoms. The number of methoxy groups -OCH3 is 2. The predicted octanol–water partition coefficient (Wildman–Crippen LogP) is 3.63. The average molecular weight is 250 g/mol. The highest BCUT2D eigenvalue weighted by Gasteiger charge is 2.28. The Hall–Kier alpha value is -1.51. The van der Waals surface area contributed by atoms with Gasteiger partial charge < -0.3 is 9.47 Å².